The van der Waals surface area contributed by atoms with Gasteiger partial charge in [0.15, 0.2) is 0 Å². The highest BCUT2D eigenvalue weighted by molar-refractivity contribution is 6.30. The van der Waals surface area contributed by atoms with Gasteiger partial charge >= 0.3 is 5.97 Å². The molecule has 0 fully saturated rings. The van der Waals surface area contributed by atoms with Gasteiger partial charge in [0.05, 0.1) is 6.61 Å². The van der Waals surface area contributed by atoms with Crippen LogP contribution in [-0.4, -0.2) is 19.1 Å². The van der Waals surface area contributed by atoms with Crippen LogP contribution in [0.5, 0.6) is 0 Å². The van der Waals surface area contributed by atoms with Gasteiger partial charge in [-0.25, -0.2) is 0 Å². The van der Waals surface area contributed by atoms with Crippen molar-refractivity contribution in [3.8, 4) is 0 Å². The Morgan fingerprint density at radius 1 is 1.42 bits per heavy atom. The van der Waals surface area contributed by atoms with Gasteiger partial charge in [0.25, 0.3) is 0 Å². The summed E-state index contributed by atoms with van der Waals surface area (Å²) in [6.45, 7) is 5.20. The van der Waals surface area contributed by atoms with Gasteiger partial charge in [0.2, 0.25) is 0 Å². The fourth-order valence-electron chi connectivity index (χ4n) is 1.96. The molecule has 1 N–H and O–H groups in total. The van der Waals surface area contributed by atoms with E-state index < -0.39 is 0 Å². The molecule has 0 saturated heterocycles. The maximum absolute atomic E-state index is 11.2. The van der Waals surface area contributed by atoms with E-state index in [1.807, 2.05) is 25.1 Å². The van der Waals surface area contributed by atoms with Gasteiger partial charge in [-0.1, -0.05) is 30.7 Å². The summed E-state index contributed by atoms with van der Waals surface area (Å²) >= 11 is 5.99. The summed E-state index contributed by atoms with van der Waals surface area (Å²) in [4.78, 5) is 11.2. The number of halogens is 1. The zero-order chi connectivity index (χ0) is 14.1. The molecule has 0 aliphatic rings. The summed E-state index contributed by atoms with van der Waals surface area (Å²) in [5.74, 6) is -0.125. The average Bonchev–Trinajstić information content (AvgIpc) is 2.39. The molecular weight excluding hydrogens is 262 g/mol. The highest BCUT2D eigenvalue weighted by atomic mass is 35.5. The molecule has 1 aromatic rings. The van der Waals surface area contributed by atoms with Crippen molar-refractivity contribution < 1.29 is 9.53 Å². The van der Waals surface area contributed by atoms with Crippen LogP contribution in [0.1, 0.15) is 44.7 Å². The van der Waals surface area contributed by atoms with Crippen LogP contribution in [0.2, 0.25) is 5.02 Å². The molecule has 19 heavy (non-hydrogen) atoms. The van der Waals surface area contributed by atoms with Crippen LogP contribution >= 0.6 is 11.6 Å². The molecule has 0 bridgehead atoms. The molecule has 1 aromatic carbocycles. The molecule has 106 valence electrons. The molecule has 0 aromatic heterocycles. The van der Waals surface area contributed by atoms with Crippen molar-refractivity contribution in [1.29, 1.82) is 0 Å². The summed E-state index contributed by atoms with van der Waals surface area (Å²) in [6.07, 6.45) is 2.24. The molecule has 3 nitrogen and oxygen atoms in total. The van der Waals surface area contributed by atoms with E-state index in [1.165, 1.54) is 5.56 Å². The van der Waals surface area contributed by atoms with Crippen LogP contribution in [0.3, 0.4) is 0 Å². The summed E-state index contributed by atoms with van der Waals surface area (Å²) in [5, 5.41) is 4.20. The quantitative estimate of drug-likeness (QED) is 0.584. The van der Waals surface area contributed by atoms with E-state index in [4.69, 9.17) is 16.3 Å². The number of benzene rings is 1. The Morgan fingerprint density at radius 3 is 2.84 bits per heavy atom. The predicted molar refractivity (Wildman–Crippen MR) is 78.4 cm³/mol. The molecule has 1 unspecified atom stereocenters. The average molecular weight is 284 g/mol. The number of carbonyl (C=O) groups is 1. The van der Waals surface area contributed by atoms with E-state index in [0.29, 0.717) is 13.0 Å². The molecule has 0 saturated carbocycles. The number of nitrogens with one attached hydrogen (secondary N) is 1. The first-order valence-electron chi connectivity index (χ1n) is 6.81. The molecule has 0 aliphatic heterocycles. The van der Waals surface area contributed by atoms with Gasteiger partial charge in [0, 0.05) is 17.5 Å². The maximum Gasteiger partial charge on any atom is 0.305 e. The normalized spacial score (nSPS) is 12.2. The molecule has 0 radical (unpaired) electrons. The molecule has 4 heteroatoms. The van der Waals surface area contributed by atoms with Crippen LogP contribution < -0.4 is 5.32 Å². The van der Waals surface area contributed by atoms with Crippen molar-refractivity contribution in [2.45, 2.75) is 39.2 Å². The molecule has 0 spiro atoms. The lowest BCUT2D eigenvalue weighted by Crippen LogP contribution is -2.22. The van der Waals surface area contributed by atoms with Crippen molar-refractivity contribution in [3.63, 3.8) is 0 Å². The Kier molecular flexibility index (Phi) is 7.53. The number of esters is 1. The van der Waals surface area contributed by atoms with Crippen molar-refractivity contribution in [3.05, 3.63) is 34.9 Å². The fraction of sp³-hybridized carbons (Fsp3) is 0.533. The molecule has 0 amide bonds. The third kappa shape index (κ3) is 6.08. The number of hydrogen-bond acceptors (Lipinski definition) is 3. The molecule has 1 rings (SSSR count). The Labute approximate surface area is 120 Å². The predicted octanol–water partition coefficient (Wildman–Crippen LogP) is 3.72. The number of rotatable bonds is 8. The van der Waals surface area contributed by atoms with Crippen molar-refractivity contribution >= 4 is 17.6 Å². The number of hydrogen-bond donors (Lipinski definition) is 1. The largest absolute Gasteiger partial charge is 0.466 e. The second-order valence-electron chi connectivity index (χ2n) is 4.38. The second kappa shape index (κ2) is 8.94. The van der Waals surface area contributed by atoms with E-state index >= 15 is 0 Å². The standard InChI is InChI=1S/C15H22ClNO2/c1-3-14(12-7-5-8-13(16)11-12)17-10-6-9-15(18)19-4-2/h5,7-8,11,14,17H,3-4,6,9-10H2,1-2H3. The van der Waals surface area contributed by atoms with E-state index in [9.17, 15) is 4.79 Å². The highest BCUT2D eigenvalue weighted by Gasteiger charge is 2.09. The van der Waals surface area contributed by atoms with Gasteiger partial charge in [-0.15, -0.1) is 0 Å². The number of carbonyl (C=O) groups excluding carboxylic acids is 1. The highest BCUT2D eigenvalue weighted by Crippen LogP contribution is 2.20. The Balaban J connectivity index is 2.35. The summed E-state index contributed by atoms with van der Waals surface area (Å²) in [7, 11) is 0. The Bertz CT molecular complexity index is 395. The lowest BCUT2D eigenvalue weighted by Gasteiger charge is -2.17. The molecular formula is C15H22ClNO2. The lowest BCUT2D eigenvalue weighted by atomic mass is 10.0. The summed E-state index contributed by atoms with van der Waals surface area (Å²) in [6, 6.07) is 8.16. The second-order valence-corrected chi connectivity index (χ2v) is 4.81. The molecule has 0 aliphatic carbocycles. The van der Waals surface area contributed by atoms with Gasteiger partial charge in [-0.2, -0.15) is 0 Å². The van der Waals surface area contributed by atoms with Crippen molar-refractivity contribution in [2.24, 2.45) is 0 Å². The minimum atomic E-state index is -0.125. The lowest BCUT2D eigenvalue weighted by molar-refractivity contribution is -0.143. The summed E-state index contributed by atoms with van der Waals surface area (Å²) in [5.41, 5.74) is 1.19. The van der Waals surface area contributed by atoms with E-state index in [-0.39, 0.29) is 12.0 Å². The third-order valence-corrected chi connectivity index (χ3v) is 3.15. The minimum absolute atomic E-state index is 0.125. The topological polar surface area (TPSA) is 38.3 Å². The van der Waals surface area contributed by atoms with E-state index in [1.54, 1.807) is 0 Å². The Morgan fingerprint density at radius 2 is 2.21 bits per heavy atom. The minimum Gasteiger partial charge on any atom is -0.466 e. The smallest absolute Gasteiger partial charge is 0.305 e. The van der Waals surface area contributed by atoms with Crippen LogP contribution in [0, 0.1) is 0 Å². The van der Waals surface area contributed by atoms with Crippen molar-refractivity contribution in [1.82, 2.24) is 5.32 Å². The van der Waals surface area contributed by atoms with Gasteiger partial charge in [-0.05, 0) is 44.0 Å². The van der Waals surface area contributed by atoms with Gasteiger partial charge in [0.1, 0.15) is 0 Å². The van der Waals surface area contributed by atoms with E-state index in [2.05, 4.69) is 18.3 Å². The SMILES string of the molecule is CCOC(=O)CCCNC(CC)c1cccc(Cl)c1. The molecule has 1 atom stereocenters. The maximum atomic E-state index is 11.2. The third-order valence-electron chi connectivity index (χ3n) is 2.91. The number of ether oxygens (including phenoxy) is 1. The van der Waals surface area contributed by atoms with Crippen LogP contribution in [0.4, 0.5) is 0 Å². The first-order valence-corrected chi connectivity index (χ1v) is 7.19. The first kappa shape index (κ1) is 16.0. The zero-order valence-electron chi connectivity index (χ0n) is 11.6. The summed E-state index contributed by atoms with van der Waals surface area (Å²) < 4.78 is 4.89. The van der Waals surface area contributed by atoms with Crippen LogP contribution in [0.15, 0.2) is 24.3 Å². The van der Waals surface area contributed by atoms with Crippen LogP contribution in [-0.2, 0) is 9.53 Å². The first-order chi connectivity index (χ1) is 9.17. The Hall–Kier alpha value is -1.06. The van der Waals surface area contributed by atoms with E-state index in [0.717, 1.165) is 24.4 Å². The fourth-order valence-corrected chi connectivity index (χ4v) is 2.16. The van der Waals surface area contributed by atoms with Gasteiger partial charge in [-0.3, -0.25) is 4.79 Å². The monoisotopic (exact) mass is 283 g/mol. The molecule has 0 heterocycles. The zero-order valence-corrected chi connectivity index (χ0v) is 12.4. The van der Waals surface area contributed by atoms with Gasteiger partial charge < -0.3 is 10.1 Å². The van der Waals surface area contributed by atoms with Crippen LogP contribution in [0.25, 0.3) is 0 Å². The van der Waals surface area contributed by atoms with Crippen molar-refractivity contribution in [2.75, 3.05) is 13.2 Å².